The third-order valence-corrected chi connectivity index (χ3v) is 5.63. The SMILES string of the molecule is COCC(CCCCSSC(C)(C)C)COC. The Balaban J connectivity index is 3.41. The van der Waals surface area contributed by atoms with E-state index in [1.54, 1.807) is 14.2 Å². The predicted molar refractivity (Wildman–Crippen MR) is 80.9 cm³/mol. The van der Waals surface area contributed by atoms with Crippen molar-refractivity contribution < 1.29 is 9.47 Å². The highest BCUT2D eigenvalue weighted by Gasteiger charge is 2.11. The highest BCUT2D eigenvalue weighted by Crippen LogP contribution is 2.35. The van der Waals surface area contributed by atoms with Crippen LogP contribution in [-0.4, -0.2) is 37.9 Å². The molecule has 104 valence electrons. The van der Waals surface area contributed by atoms with Gasteiger partial charge < -0.3 is 9.47 Å². The van der Waals surface area contributed by atoms with Gasteiger partial charge in [-0.1, -0.05) is 48.8 Å². The van der Waals surface area contributed by atoms with Gasteiger partial charge in [0, 0.05) is 30.6 Å². The van der Waals surface area contributed by atoms with Crippen molar-refractivity contribution in [2.75, 3.05) is 33.2 Å². The Morgan fingerprint density at radius 3 is 2.06 bits per heavy atom. The van der Waals surface area contributed by atoms with Crippen molar-refractivity contribution in [3.63, 3.8) is 0 Å². The fraction of sp³-hybridized carbons (Fsp3) is 1.00. The summed E-state index contributed by atoms with van der Waals surface area (Å²) in [5.41, 5.74) is 0. The maximum absolute atomic E-state index is 5.19. The molecular weight excluding hydrogens is 252 g/mol. The average molecular weight is 280 g/mol. The summed E-state index contributed by atoms with van der Waals surface area (Å²) in [6.45, 7) is 8.42. The molecule has 0 aromatic heterocycles. The van der Waals surface area contributed by atoms with Crippen LogP contribution in [0.5, 0.6) is 0 Å². The zero-order chi connectivity index (χ0) is 13.1. The molecule has 0 amide bonds. The molecule has 0 heterocycles. The Kier molecular flexibility index (Phi) is 10.9. The number of rotatable bonds is 10. The summed E-state index contributed by atoms with van der Waals surface area (Å²) in [5, 5.41) is 0. The van der Waals surface area contributed by atoms with Gasteiger partial charge in [0.2, 0.25) is 0 Å². The minimum atomic E-state index is 0.374. The van der Waals surface area contributed by atoms with Gasteiger partial charge in [-0.05, 0) is 12.8 Å². The molecule has 0 aliphatic carbocycles. The summed E-state index contributed by atoms with van der Waals surface area (Å²) in [4.78, 5) is 0. The lowest BCUT2D eigenvalue weighted by molar-refractivity contribution is 0.0795. The number of methoxy groups -OCH3 is 2. The Labute approximate surface area is 115 Å². The first kappa shape index (κ1) is 17.6. The first-order chi connectivity index (χ1) is 7.99. The van der Waals surface area contributed by atoms with E-state index in [0.29, 0.717) is 10.7 Å². The molecule has 0 bridgehead atoms. The molecule has 0 N–H and O–H groups in total. The van der Waals surface area contributed by atoms with E-state index in [2.05, 4.69) is 20.8 Å². The molecule has 17 heavy (non-hydrogen) atoms. The summed E-state index contributed by atoms with van der Waals surface area (Å²) < 4.78 is 10.8. The van der Waals surface area contributed by atoms with E-state index in [0.717, 1.165) is 13.2 Å². The summed E-state index contributed by atoms with van der Waals surface area (Å²) in [6.07, 6.45) is 3.77. The Bertz CT molecular complexity index is 163. The number of ether oxygens (including phenoxy) is 2. The number of hydrogen-bond acceptors (Lipinski definition) is 4. The summed E-state index contributed by atoms with van der Waals surface area (Å²) in [6, 6.07) is 0. The molecule has 0 fully saturated rings. The molecular formula is C13H28O2S2. The van der Waals surface area contributed by atoms with Gasteiger partial charge in [-0.3, -0.25) is 0 Å². The van der Waals surface area contributed by atoms with Crippen LogP contribution in [0.15, 0.2) is 0 Å². The maximum atomic E-state index is 5.19. The molecule has 4 heteroatoms. The summed E-state index contributed by atoms with van der Waals surface area (Å²) >= 11 is 0. The molecule has 0 rings (SSSR count). The largest absolute Gasteiger partial charge is 0.384 e. The van der Waals surface area contributed by atoms with Gasteiger partial charge in [0.15, 0.2) is 0 Å². The van der Waals surface area contributed by atoms with E-state index in [1.165, 1.54) is 25.0 Å². The minimum Gasteiger partial charge on any atom is -0.384 e. The molecule has 0 saturated heterocycles. The third kappa shape index (κ3) is 12.9. The Morgan fingerprint density at radius 1 is 1.00 bits per heavy atom. The molecule has 2 nitrogen and oxygen atoms in total. The number of unbranched alkanes of at least 4 members (excludes halogenated alkanes) is 1. The third-order valence-electron chi connectivity index (χ3n) is 2.20. The van der Waals surface area contributed by atoms with Crippen LogP contribution >= 0.6 is 21.6 Å². The van der Waals surface area contributed by atoms with Crippen molar-refractivity contribution in [3.05, 3.63) is 0 Å². The van der Waals surface area contributed by atoms with Gasteiger partial charge in [0.1, 0.15) is 0 Å². The zero-order valence-electron chi connectivity index (χ0n) is 12.0. The van der Waals surface area contributed by atoms with E-state index in [-0.39, 0.29) is 0 Å². The quantitative estimate of drug-likeness (QED) is 0.440. The van der Waals surface area contributed by atoms with Crippen LogP contribution in [0, 0.1) is 5.92 Å². The fourth-order valence-electron chi connectivity index (χ4n) is 1.50. The molecule has 0 aliphatic rings. The lowest BCUT2D eigenvalue weighted by atomic mass is 10.0. The van der Waals surface area contributed by atoms with Gasteiger partial charge >= 0.3 is 0 Å². The van der Waals surface area contributed by atoms with Crippen molar-refractivity contribution in [3.8, 4) is 0 Å². The van der Waals surface area contributed by atoms with E-state index < -0.39 is 0 Å². The Morgan fingerprint density at radius 2 is 1.59 bits per heavy atom. The van der Waals surface area contributed by atoms with Crippen LogP contribution in [0.1, 0.15) is 40.0 Å². The molecule has 0 saturated carbocycles. The van der Waals surface area contributed by atoms with Crippen LogP contribution < -0.4 is 0 Å². The van der Waals surface area contributed by atoms with Gasteiger partial charge in [0.25, 0.3) is 0 Å². The van der Waals surface area contributed by atoms with Gasteiger partial charge in [-0.15, -0.1) is 0 Å². The average Bonchev–Trinajstić information content (AvgIpc) is 2.22. The molecule has 0 unspecified atom stereocenters. The van der Waals surface area contributed by atoms with Crippen LogP contribution in [0.3, 0.4) is 0 Å². The highest BCUT2D eigenvalue weighted by atomic mass is 33.1. The molecule has 0 spiro atoms. The molecule has 0 aromatic rings. The standard InChI is InChI=1S/C13H28O2S2/c1-13(2,3)17-16-9-7-6-8-12(10-14-4)11-15-5/h12H,6-11H2,1-5H3. The maximum Gasteiger partial charge on any atom is 0.0512 e. The van der Waals surface area contributed by atoms with Crippen LogP contribution in [-0.2, 0) is 9.47 Å². The van der Waals surface area contributed by atoms with Crippen molar-refractivity contribution in [2.45, 2.75) is 44.8 Å². The molecule has 0 aromatic carbocycles. The molecule has 0 radical (unpaired) electrons. The summed E-state index contributed by atoms with van der Waals surface area (Å²) in [7, 11) is 7.50. The topological polar surface area (TPSA) is 18.5 Å². The second kappa shape index (κ2) is 10.5. The first-order valence-electron chi connectivity index (χ1n) is 6.28. The molecule has 0 aliphatic heterocycles. The van der Waals surface area contributed by atoms with Gasteiger partial charge in [-0.25, -0.2) is 0 Å². The predicted octanol–water partition coefficient (Wildman–Crippen LogP) is 4.25. The smallest absolute Gasteiger partial charge is 0.0512 e. The van der Waals surface area contributed by atoms with Crippen LogP contribution in [0.2, 0.25) is 0 Å². The number of hydrogen-bond donors (Lipinski definition) is 0. The van der Waals surface area contributed by atoms with Crippen LogP contribution in [0.25, 0.3) is 0 Å². The van der Waals surface area contributed by atoms with Crippen LogP contribution in [0.4, 0.5) is 0 Å². The van der Waals surface area contributed by atoms with Crippen molar-refractivity contribution in [2.24, 2.45) is 5.92 Å². The first-order valence-corrected chi connectivity index (χ1v) is 8.60. The summed E-state index contributed by atoms with van der Waals surface area (Å²) in [5.74, 6) is 1.81. The van der Waals surface area contributed by atoms with E-state index in [9.17, 15) is 0 Å². The highest BCUT2D eigenvalue weighted by molar-refractivity contribution is 8.77. The van der Waals surface area contributed by atoms with E-state index in [1.807, 2.05) is 21.6 Å². The lowest BCUT2D eigenvalue weighted by Gasteiger charge is -2.17. The minimum absolute atomic E-state index is 0.374. The lowest BCUT2D eigenvalue weighted by Crippen LogP contribution is -2.14. The Hall–Kier alpha value is 0.620. The van der Waals surface area contributed by atoms with E-state index in [4.69, 9.17) is 9.47 Å². The second-order valence-electron chi connectivity index (χ2n) is 5.29. The zero-order valence-corrected chi connectivity index (χ0v) is 13.6. The van der Waals surface area contributed by atoms with Gasteiger partial charge in [0.05, 0.1) is 13.2 Å². The monoisotopic (exact) mass is 280 g/mol. The molecule has 0 atom stereocenters. The fourth-order valence-corrected chi connectivity index (χ4v) is 3.92. The second-order valence-corrected chi connectivity index (χ2v) is 8.53. The van der Waals surface area contributed by atoms with E-state index >= 15 is 0 Å². The van der Waals surface area contributed by atoms with Gasteiger partial charge in [-0.2, -0.15) is 0 Å². The van der Waals surface area contributed by atoms with Crippen molar-refractivity contribution >= 4 is 21.6 Å². The van der Waals surface area contributed by atoms with Crippen molar-refractivity contribution in [1.29, 1.82) is 0 Å². The normalized spacial score (nSPS) is 12.4. The van der Waals surface area contributed by atoms with Crippen molar-refractivity contribution in [1.82, 2.24) is 0 Å².